The summed E-state index contributed by atoms with van der Waals surface area (Å²) >= 11 is 0. The van der Waals surface area contributed by atoms with E-state index < -0.39 is 0 Å². The van der Waals surface area contributed by atoms with E-state index in [1.54, 1.807) is 7.11 Å². The van der Waals surface area contributed by atoms with Gasteiger partial charge in [0.05, 0.1) is 7.11 Å². The van der Waals surface area contributed by atoms with Gasteiger partial charge in [-0.25, -0.2) is 0 Å². The van der Waals surface area contributed by atoms with E-state index in [4.69, 9.17) is 9.47 Å². The summed E-state index contributed by atoms with van der Waals surface area (Å²) in [5.74, 6) is 2.20. The number of benzene rings is 2. The summed E-state index contributed by atoms with van der Waals surface area (Å²) in [5, 5.41) is 3.62. The summed E-state index contributed by atoms with van der Waals surface area (Å²) in [4.78, 5) is 0. The molecule has 24 heavy (non-hydrogen) atoms. The first-order valence-electron chi connectivity index (χ1n) is 8.72. The van der Waals surface area contributed by atoms with Crippen LogP contribution in [0.1, 0.15) is 44.4 Å². The highest BCUT2D eigenvalue weighted by molar-refractivity contribution is 5.44. The van der Waals surface area contributed by atoms with Crippen molar-refractivity contribution in [1.29, 1.82) is 0 Å². The van der Waals surface area contributed by atoms with Crippen molar-refractivity contribution in [3.8, 4) is 11.5 Å². The van der Waals surface area contributed by atoms with E-state index in [0.29, 0.717) is 18.6 Å². The Kier molecular flexibility index (Phi) is 7.13. The van der Waals surface area contributed by atoms with Crippen LogP contribution in [0.15, 0.2) is 48.5 Å². The van der Waals surface area contributed by atoms with Crippen molar-refractivity contribution >= 4 is 0 Å². The average molecular weight is 327 g/mol. The van der Waals surface area contributed by atoms with Crippen molar-refractivity contribution in [1.82, 2.24) is 5.32 Å². The molecule has 3 heteroatoms. The van der Waals surface area contributed by atoms with Gasteiger partial charge in [0.1, 0.15) is 6.61 Å². The molecule has 0 aliphatic rings. The van der Waals surface area contributed by atoms with E-state index in [9.17, 15) is 0 Å². The van der Waals surface area contributed by atoms with E-state index in [-0.39, 0.29) is 0 Å². The maximum atomic E-state index is 5.94. The smallest absolute Gasteiger partial charge is 0.161 e. The van der Waals surface area contributed by atoms with Crippen LogP contribution in [0.5, 0.6) is 11.5 Å². The molecule has 1 N–H and O–H groups in total. The third kappa shape index (κ3) is 5.27. The standard InChI is InChI=1S/C21H29NO2/c1-5-19(22-14-16(2)3)18-11-12-20(21(13-18)23-4)24-15-17-9-7-6-8-10-17/h6-13,16,19,22H,5,14-15H2,1-4H3/t19-/m1/s1. The Morgan fingerprint density at radius 3 is 2.38 bits per heavy atom. The third-order valence-corrected chi connectivity index (χ3v) is 4.01. The number of methoxy groups -OCH3 is 1. The highest BCUT2D eigenvalue weighted by Gasteiger charge is 2.13. The van der Waals surface area contributed by atoms with E-state index in [0.717, 1.165) is 30.0 Å². The normalized spacial score (nSPS) is 12.2. The zero-order valence-corrected chi connectivity index (χ0v) is 15.2. The van der Waals surface area contributed by atoms with Crippen LogP contribution in [0.2, 0.25) is 0 Å². The van der Waals surface area contributed by atoms with Gasteiger partial charge in [0.15, 0.2) is 11.5 Å². The molecule has 1 atom stereocenters. The Labute approximate surface area is 146 Å². The number of rotatable bonds is 9. The van der Waals surface area contributed by atoms with Gasteiger partial charge in [-0.1, -0.05) is 57.2 Å². The summed E-state index contributed by atoms with van der Waals surface area (Å²) in [6.45, 7) is 8.19. The Morgan fingerprint density at radius 2 is 1.75 bits per heavy atom. The monoisotopic (exact) mass is 327 g/mol. The largest absolute Gasteiger partial charge is 0.493 e. The number of hydrogen-bond acceptors (Lipinski definition) is 3. The summed E-state index contributed by atoms with van der Waals surface area (Å²) in [5.41, 5.74) is 2.38. The zero-order valence-electron chi connectivity index (χ0n) is 15.2. The molecule has 2 aromatic rings. The Balaban J connectivity index is 2.08. The molecule has 0 saturated carbocycles. The van der Waals surface area contributed by atoms with Crippen molar-refractivity contribution in [3.05, 3.63) is 59.7 Å². The molecule has 0 fully saturated rings. The van der Waals surface area contributed by atoms with Crippen LogP contribution in [-0.4, -0.2) is 13.7 Å². The lowest BCUT2D eigenvalue weighted by atomic mass is 10.0. The van der Waals surface area contributed by atoms with Gasteiger partial charge in [-0.3, -0.25) is 0 Å². The first kappa shape index (κ1) is 18.3. The molecule has 0 radical (unpaired) electrons. The molecule has 0 aliphatic heterocycles. The molecular weight excluding hydrogens is 298 g/mol. The Morgan fingerprint density at radius 1 is 1.00 bits per heavy atom. The summed E-state index contributed by atoms with van der Waals surface area (Å²) < 4.78 is 11.5. The summed E-state index contributed by atoms with van der Waals surface area (Å²) in [6, 6.07) is 16.7. The van der Waals surface area contributed by atoms with E-state index in [2.05, 4.69) is 50.4 Å². The Hall–Kier alpha value is -2.00. The lowest BCUT2D eigenvalue weighted by Gasteiger charge is -2.20. The zero-order chi connectivity index (χ0) is 17.4. The molecule has 2 aromatic carbocycles. The molecule has 0 heterocycles. The van der Waals surface area contributed by atoms with Crippen LogP contribution < -0.4 is 14.8 Å². The second kappa shape index (κ2) is 9.33. The molecule has 0 spiro atoms. The quantitative estimate of drug-likeness (QED) is 0.705. The fourth-order valence-corrected chi connectivity index (χ4v) is 2.63. The number of hydrogen-bond donors (Lipinski definition) is 1. The van der Waals surface area contributed by atoms with Gasteiger partial charge in [-0.05, 0) is 42.1 Å². The molecule has 0 amide bonds. The minimum atomic E-state index is 0.337. The predicted molar refractivity (Wildman–Crippen MR) is 99.6 cm³/mol. The molecule has 130 valence electrons. The average Bonchev–Trinajstić information content (AvgIpc) is 2.61. The van der Waals surface area contributed by atoms with Crippen LogP contribution in [0.25, 0.3) is 0 Å². The van der Waals surface area contributed by atoms with Crippen LogP contribution in [-0.2, 0) is 6.61 Å². The molecule has 0 saturated heterocycles. The van der Waals surface area contributed by atoms with Gasteiger partial charge >= 0.3 is 0 Å². The van der Waals surface area contributed by atoms with Crippen molar-refractivity contribution in [2.75, 3.05) is 13.7 Å². The highest BCUT2D eigenvalue weighted by atomic mass is 16.5. The molecule has 0 unspecified atom stereocenters. The van der Waals surface area contributed by atoms with E-state index >= 15 is 0 Å². The summed E-state index contributed by atoms with van der Waals surface area (Å²) in [7, 11) is 1.69. The topological polar surface area (TPSA) is 30.5 Å². The lowest BCUT2D eigenvalue weighted by Crippen LogP contribution is -2.25. The molecule has 0 bridgehead atoms. The fraction of sp³-hybridized carbons (Fsp3) is 0.429. The molecule has 0 aromatic heterocycles. The van der Waals surface area contributed by atoms with Gasteiger partial charge in [0.2, 0.25) is 0 Å². The fourth-order valence-electron chi connectivity index (χ4n) is 2.63. The maximum Gasteiger partial charge on any atom is 0.161 e. The first-order valence-corrected chi connectivity index (χ1v) is 8.72. The number of nitrogens with one attached hydrogen (secondary N) is 1. The van der Waals surface area contributed by atoms with Crippen molar-refractivity contribution in [2.24, 2.45) is 5.92 Å². The SMILES string of the molecule is CC[C@@H](NCC(C)C)c1ccc(OCc2ccccc2)c(OC)c1. The van der Waals surface area contributed by atoms with Gasteiger partial charge < -0.3 is 14.8 Å². The Bertz CT molecular complexity index is 610. The maximum absolute atomic E-state index is 5.94. The van der Waals surface area contributed by atoms with E-state index in [1.165, 1.54) is 5.56 Å². The minimum absolute atomic E-state index is 0.337. The highest BCUT2D eigenvalue weighted by Crippen LogP contribution is 2.31. The second-order valence-corrected chi connectivity index (χ2v) is 6.45. The van der Waals surface area contributed by atoms with E-state index in [1.807, 2.05) is 24.3 Å². The molecule has 2 rings (SSSR count). The predicted octanol–water partition coefficient (Wildman–Crippen LogP) is 4.97. The first-order chi connectivity index (χ1) is 11.6. The van der Waals surface area contributed by atoms with Crippen LogP contribution in [0, 0.1) is 5.92 Å². The second-order valence-electron chi connectivity index (χ2n) is 6.45. The van der Waals surface area contributed by atoms with Crippen LogP contribution in [0.4, 0.5) is 0 Å². The van der Waals surface area contributed by atoms with Gasteiger partial charge in [0, 0.05) is 6.04 Å². The number of ether oxygens (including phenoxy) is 2. The molecular formula is C21H29NO2. The minimum Gasteiger partial charge on any atom is -0.493 e. The van der Waals surface area contributed by atoms with Crippen molar-refractivity contribution in [2.45, 2.75) is 39.8 Å². The van der Waals surface area contributed by atoms with Crippen molar-refractivity contribution < 1.29 is 9.47 Å². The van der Waals surface area contributed by atoms with Gasteiger partial charge in [-0.15, -0.1) is 0 Å². The third-order valence-electron chi connectivity index (χ3n) is 4.01. The summed E-state index contributed by atoms with van der Waals surface area (Å²) in [6.07, 6.45) is 1.04. The van der Waals surface area contributed by atoms with Gasteiger partial charge in [-0.2, -0.15) is 0 Å². The lowest BCUT2D eigenvalue weighted by molar-refractivity contribution is 0.284. The molecule has 3 nitrogen and oxygen atoms in total. The van der Waals surface area contributed by atoms with Crippen LogP contribution >= 0.6 is 0 Å². The van der Waals surface area contributed by atoms with Crippen LogP contribution in [0.3, 0.4) is 0 Å². The molecule has 0 aliphatic carbocycles. The van der Waals surface area contributed by atoms with Crippen molar-refractivity contribution in [3.63, 3.8) is 0 Å². The van der Waals surface area contributed by atoms with Gasteiger partial charge in [0.25, 0.3) is 0 Å².